The van der Waals surface area contributed by atoms with Gasteiger partial charge in [0.25, 0.3) is 0 Å². The molecule has 0 heterocycles. The zero-order valence-electron chi connectivity index (χ0n) is 12.4. The van der Waals surface area contributed by atoms with Crippen LogP contribution in [0.5, 0.6) is 0 Å². The van der Waals surface area contributed by atoms with E-state index < -0.39 is 0 Å². The summed E-state index contributed by atoms with van der Waals surface area (Å²) in [6.45, 7) is 4.47. The van der Waals surface area contributed by atoms with Crippen LogP contribution in [0.3, 0.4) is 0 Å². The molecule has 1 atom stereocenters. The van der Waals surface area contributed by atoms with E-state index in [1.54, 1.807) is 0 Å². The molecule has 0 fully saturated rings. The first kappa shape index (κ1) is 13.2. The Hall–Kier alpha value is -1.76. The van der Waals surface area contributed by atoms with Crippen LogP contribution in [0.2, 0.25) is 0 Å². The second-order valence-electron chi connectivity index (χ2n) is 6.03. The summed E-state index contributed by atoms with van der Waals surface area (Å²) in [7, 11) is 0. The molecule has 0 aliphatic heterocycles. The highest BCUT2D eigenvalue weighted by molar-refractivity contribution is 5.52. The summed E-state index contributed by atoms with van der Waals surface area (Å²) < 4.78 is 0. The van der Waals surface area contributed by atoms with Crippen molar-refractivity contribution in [1.82, 2.24) is 0 Å². The molecule has 2 aliphatic rings. The van der Waals surface area contributed by atoms with Crippen molar-refractivity contribution < 1.29 is 0 Å². The molecule has 1 nitrogen and oxygen atoms in total. The smallest absolute Gasteiger partial charge is 0.0550 e. The van der Waals surface area contributed by atoms with Gasteiger partial charge in [-0.1, -0.05) is 50.3 Å². The number of allylic oxidation sites excluding steroid dienone is 3. The van der Waals surface area contributed by atoms with Gasteiger partial charge in [-0.25, -0.2) is 0 Å². The first-order chi connectivity index (χ1) is 9.74. The first-order valence-electron chi connectivity index (χ1n) is 7.66. The Morgan fingerprint density at radius 3 is 2.60 bits per heavy atom. The van der Waals surface area contributed by atoms with E-state index in [0.29, 0.717) is 12.0 Å². The van der Waals surface area contributed by atoms with Crippen LogP contribution in [0.1, 0.15) is 44.6 Å². The maximum atomic E-state index is 3.69. The van der Waals surface area contributed by atoms with Crippen LogP contribution in [0.4, 0.5) is 5.69 Å². The molecular weight excluding hydrogens is 242 g/mol. The first-order valence-corrected chi connectivity index (χ1v) is 7.66. The molecule has 3 rings (SSSR count). The summed E-state index contributed by atoms with van der Waals surface area (Å²) in [6, 6.07) is 9.31. The Labute approximate surface area is 122 Å². The van der Waals surface area contributed by atoms with Gasteiger partial charge in [-0.15, -0.1) is 0 Å². The molecule has 2 aliphatic carbocycles. The molecule has 1 heteroatoms. The van der Waals surface area contributed by atoms with E-state index in [-0.39, 0.29) is 0 Å². The lowest BCUT2D eigenvalue weighted by Crippen LogP contribution is -2.24. The summed E-state index contributed by atoms with van der Waals surface area (Å²) >= 11 is 0. The number of rotatable bonds is 3. The summed E-state index contributed by atoms with van der Waals surface area (Å²) in [5.74, 6) is 0.595. The second kappa shape index (κ2) is 5.70. The molecule has 1 aromatic carbocycles. The Bertz CT molecular complexity index is 558. The average molecular weight is 265 g/mol. The molecule has 1 N–H and O–H groups in total. The highest BCUT2D eigenvalue weighted by atomic mass is 14.9. The zero-order valence-corrected chi connectivity index (χ0v) is 12.4. The second-order valence-corrected chi connectivity index (χ2v) is 6.03. The average Bonchev–Trinajstić information content (AvgIpc) is 2.48. The Balaban J connectivity index is 1.76. The van der Waals surface area contributed by atoms with Crippen LogP contribution >= 0.6 is 0 Å². The van der Waals surface area contributed by atoms with Gasteiger partial charge in [-0.05, 0) is 54.0 Å². The van der Waals surface area contributed by atoms with Gasteiger partial charge in [0.2, 0.25) is 0 Å². The largest absolute Gasteiger partial charge is 0.378 e. The SMILES string of the molecule is CC(C)c1ccc(NC2CC=CC3=C2C=CCC3)cc1. The van der Waals surface area contributed by atoms with Gasteiger partial charge < -0.3 is 5.32 Å². The summed E-state index contributed by atoms with van der Waals surface area (Å²) in [6.07, 6.45) is 12.7. The number of hydrogen-bond acceptors (Lipinski definition) is 1. The van der Waals surface area contributed by atoms with E-state index in [0.717, 1.165) is 6.42 Å². The quantitative estimate of drug-likeness (QED) is 0.792. The van der Waals surface area contributed by atoms with Crippen molar-refractivity contribution in [2.75, 3.05) is 5.32 Å². The van der Waals surface area contributed by atoms with E-state index in [9.17, 15) is 0 Å². The lowest BCUT2D eigenvalue weighted by molar-refractivity contribution is 0.801. The number of nitrogens with one attached hydrogen (secondary N) is 1. The van der Waals surface area contributed by atoms with Crippen molar-refractivity contribution >= 4 is 5.69 Å². The standard InChI is InChI=1S/C19H23N/c1-14(2)15-10-12-17(13-11-15)20-19-9-5-7-16-6-3-4-8-18(16)19/h4-5,7-8,10-14,19-20H,3,6,9H2,1-2H3. The molecule has 0 spiro atoms. The highest BCUT2D eigenvalue weighted by Crippen LogP contribution is 2.30. The molecule has 1 aromatic rings. The predicted molar refractivity (Wildman–Crippen MR) is 87.1 cm³/mol. The molecule has 0 amide bonds. The van der Waals surface area contributed by atoms with Crippen LogP contribution in [0.15, 0.2) is 59.7 Å². The fourth-order valence-electron chi connectivity index (χ4n) is 3.00. The molecule has 0 bridgehead atoms. The third kappa shape index (κ3) is 2.72. The molecule has 20 heavy (non-hydrogen) atoms. The topological polar surface area (TPSA) is 12.0 Å². The van der Waals surface area contributed by atoms with E-state index in [4.69, 9.17) is 0 Å². The zero-order chi connectivity index (χ0) is 13.9. The van der Waals surface area contributed by atoms with Crippen molar-refractivity contribution in [1.29, 1.82) is 0 Å². The molecule has 104 valence electrons. The van der Waals surface area contributed by atoms with Crippen molar-refractivity contribution in [3.8, 4) is 0 Å². The van der Waals surface area contributed by atoms with E-state index >= 15 is 0 Å². The van der Waals surface area contributed by atoms with E-state index in [1.165, 1.54) is 35.2 Å². The van der Waals surface area contributed by atoms with Gasteiger partial charge in [0.15, 0.2) is 0 Å². The van der Waals surface area contributed by atoms with Crippen LogP contribution in [0.25, 0.3) is 0 Å². The third-order valence-electron chi connectivity index (χ3n) is 4.23. The lowest BCUT2D eigenvalue weighted by Gasteiger charge is -2.27. The molecular formula is C19H23N. The van der Waals surface area contributed by atoms with Gasteiger partial charge in [0, 0.05) is 5.69 Å². The van der Waals surface area contributed by atoms with Crippen LogP contribution in [0, 0.1) is 0 Å². The summed E-state index contributed by atoms with van der Waals surface area (Å²) in [5.41, 5.74) is 5.61. The molecule has 1 unspecified atom stereocenters. The van der Waals surface area contributed by atoms with Crippen LogP contribution in [-0.2, 0) is 0 Å². The number of hydrogen-bond donors (Lipinski definition) is 1. The Morgan fingerprint density at radius 1 is 1.05 bits per heavy atom. The Kier molecular flexibility index (Phi) is 3.77. The number of benzene rings is 1. The molecule has 0 saturated carbocycles. The monoisotopic (exact) mass is 265 g/mol. The Morgan fingerprint density at radius 2 is 1.85 bits per heavy atom. The van der Waals surface area contributed by atoms with Crippen molar-refractivity contribution in [3.05, 3.63) is 65.3 Å². The minimum Gasteiger partial charge on any atom is -0.378 e. The third-order valence-corrected chi connectivity index (χ3v) is 4.23. The maximum Gasteiger partial charge on any atom is 0.0550 e. The fraction of sp³-hybridized carbons (Fsp3) is 0.368. The van der Waals surface area contributed by atoms with Gasteiger partial charge in [-0.2, -0.15) is 0 Å². The van der Waals surface area contributed by atoms with Gasteiger partial charge >= 0.3 is 0 Å². The number of anilines is 1. The molecule has 0 radical (unpaired) electrons. The maximum absolute atomic E-state index is 3.69. The minimum absolute atomic E-state index is 0.427. The van der Waals surface area contributed by atoms with Gasteiger partial charge in [0.05, 0.1) is 6.04 Å². The van der Waals surface area contributed by atoms with Crippen molar-refractivity contribution in [2.24, 2.45) is 0 Å². The molecule has 0 saturated heterocycles. The minimum atomic E-state index is 0.427. The fourth-order valence-corrected chi connectivity index (χ4v) is 3.00. The van der Waals surface area contributed by atoms with Gasteiger partial charge in [0.1, 0.15) is 0 Å². The predicted octanol–water partition coefficient (Wildman–Crippen LogP) is 5.20. The van der Waals surface area contributed by atoms with Crippen molar-refractivity contribution in [3.63, 3.8) is 0 Å². The normalized spacial score (nSPS) is 21.2. The molecule has 0 aromatic heterocycles. The highest BCUT2D eigenvalue weighted by Gasteiger charge is 2.19. The van der Waals surface area contributed by atoms with Crippen LogP contribution < -0.4 is 5.32 Å². The summed E-state index contributed by atoms with van der Waals surface area (Å²) in [5, 5.41) is 3.69. The van der Waals surface area contributed by atoms with Crippen molar-refractivity contribution in [2.45, 2.75) is 45.1 Å². The van der Waals surface area contributed by atoms with Crippen LogP contribution in [-0.4, -0.2) is 6.04 Å². The van der Waals surface area contributed by atoms with E-state index in [2.05, 4.69) is 67.7 Å². The lowest BCUT2D eigenvalue weighted by atomic mass is 9.87. The van der Waals surface area contributed by atoms with Gasteiger partial charge in [-0.3, -0.25) is 0 Å². The summed E-state index contributed by atoms with van der Waals surface area (Å²) in [4.78, 5) is 0. The van der Waals surface area contributed by atoms with E-state index in [1.807, 2.05) is 0 Å².